The van der Waals surface area contributed by atoms with Crippen molar-refractivity contribution in [1.82, 2.24) is 0 Å². The maximum atomic E-state index is 6.03. The first kappa shape index (κ1) is 17.4. The van der Waals surface area contributed by atoms with Gasteiger partial charge in [0.1, 0.15) is 5.75 Å². The van der Waals surface area contributed by atoms with Crippen molar-refractivity contribution in [3.05, 3.63) is 59.7 Å². The Labute approximate surface area is 140 Å². The largest absolute Gasteiger partial charge is 0.494 e. The molecule has 23 heavy (non-hydrogen) atoms. The Balaban J connectivity index is 2.10. The zero-order valence-electron chi connectivity index (χ0n) is 14.5. The predicted molar refractivity (Wildman–Crippen MR) is 98.5 cm³/mol. The molecule has 0 spiro atoms. The van der Waals surface area contributed by atoms with Crippen LogP contribution in [0.4, 0.5) is 5.69 Å². The summed E-state index contributed by atoms with van der Waals surface area (Å²) >= 11 is 0. The minimum Gasteiger partial charge on any atom is -0.494 e. The molecule has 0 fully saturated rings. The van der Waals surface area contributed by atoms with Gasteiger partial charge >= 0.3 is 0 Å². The molecule has 0 saturated heterocycles. The summed E-state index contributed by atoms with van der Waals surface area (Å²) in [6, 6.07) is 17.0. The van der Waals surface area contributed by atoms with E-state index in [0.29, 0.717) is 12.5 Å². The van der Waals surface area contributed by atoms with Crippen LogP contribution in [0.25, 0.3) is 0 Å². The smallest absolute Gasteiger partial charge is 0.119 e. The van der Waals surface area contributed by atoms with Crippen molar-refractivity contribution in [3.63, 3.8) is 0 Å². The summed E-state index contributed by atoms with van der Waals surface area (Å²) in [5.74, 6) is 1.25. The summed E-state index contributed by atoms with van der Waals surface area (Å²) in [7, 11) is 4.11. The molecule has 2 N–H and O–H groups in total. The van der Waals surface area contributed by atoms with Crippen LogP contribution in [0.2, 0.25) is 0 Å². The second-order valence-corrected chi connectivity index (χ2v) is 6.12. The molecule has 0 aliphatic carbocycles. The van der Waals surface area contributed by atoms with Gasteiger partial charge in [-0.25, -0.2) is 0 Å². The van der Waals surface area contributed by atoms with Crippen LogP contribution in [0.3, 0.4) is 0 Å². The lowest BCUT2D eigenvalue weighted by Crippen LogP contribution is -2.15. The number of hydrogen-bond acceptors (Lipinski definition) is 3. The molecular weight excluding hydrogens is 284 g/mol. The van der Waals surface area contributed by atoms with Gasteiger partial charge in [0.05, 0.1) is 6.61 Å². The lowest BCUT2D eigenvalue weighted by molar-refractivity contribution is 0.317. The number of hydrogen-bond donors (Lipinski definition) is 1. The maximum absolute atomic E-state index is 6.03. The van der Waals surface area contributed by atoms with Gasteiger partial charge in [-0.05, 0) is 54.8 Å². The Hall–Kier alpha value is -2.00. The lowest BCUT2D eigenvalue weighted by atomic mass is 9.92. The molecular formula is C20H28N2O. The fourth-order valence-corrected chi connectivity index (χ4v) is 2.63. The van der Waals surface area contributed by atoms with E-state index in [0.717, 1.165) is 25.2 Å². The third-order valence-electron chi connectivity index (χ3n) is 4.02. The van der Waals surface area contributed by atoms with Crippen molar-refractivity contribution in [2.75, 3.05) is 32.1 Å². The molecule has 1 atom stereocenters. The second-order valence-electron chi connectivity index (χ2n) is 6.12. The third-order valence-corrected chi connectivity index (χ3v) is 4.02. The van der Waals surface area contributed by atoms with Crippen molar-refractivity contribution >= 4 is 5.69 Å². The third kappa shape index (κ3) is 5.00. The van der Waals surface area contributed by atoms with Crippen LogP contribution >= 0.6 is 0 Å². The first-order valence-corrected chi connectivity index (χ1v) is 8.33. The van der Waals surface area contributed by atoms with Crippen molar-refractivity contribution in [2.24, 2.45) is 5.73 Å². The van der Waals surface area contributed by atoms with E-state index < -0.39 is 0 Å². The van der Waals surface area contributed by atoms with Crippen LogP contribution in [-0.2, 0) is 6.42 Å². The van der Waals surface area contributed by atoms with Crippen LogP contribution in [0, 0.1) is 0 Å². The minimum absolute atomic E-state index is 0.311. The summed E-state index contributed by atoms with van der Waals surface area (Å²) in [6.45, 7) is 3.50. The number of ether oxygens (including phenoxy) is 1. The van der Waals surface area contributed by atoms with Crippen LogP contribution in [0.5, 0.6) is 5.75 Å². The van der Waals surface area contributed by atoms with Gasteiger partial charge in [-0.2, -0.15) is 0 Å². The predicted octanol–water partition coefficient (Wildman–Crippen LogP) is 3.83. The molecule has 3 nitrogen and oxygen atoms in total. The molecule has 2 rings (SSSR count). The normalized spacial score (nSPS) is 12.0. The Morgan fingerprint density at radius 1 is 1.09 bits per heavy atom. The van der Waals surface area contributed by atoms with E-state index in [4.69, 9.17) is 10.5 Å². The Kier molecular flexibility index (Phi) is 6.48. The average Bonchev–Trinajstić information content (AvgIpc) is 2.58. The van der Waals surface area contributed by atoms with Gasteiger partial charge in [-0.15, -0.1) is 0 Å². The van der Waals surface area contributed by atoms with E-state index >= 15 is 0 Å². The molecule has 0 amide bonds. The molecule has 0 aliphatic rings. The molecule has 1 unspecified atom stereocenters. The number of benzene rings is 2. The molecule has 2 aromatic carbocycles. The van der Waals surface area contributed by atoms with Crippen LogP contribution < -0.4 is 15.4 Å². The number of anilines is 1. The monoisotopic (exact) mass is 312 g/mol. The fourth-order valence-electron chi connectivity index (χ4n) is 2.63. The molecule has 0 aliphatic heterocycles. The molecule has 0 aromatic heterocycles. The summed E-state index contributed by atoms with van der Waals surface area (Å²) < 4.78 is 5.74. The van der Waals surface area contributed by atoms with E-state index in [-0.39, 0.29) is 0 Å². The van der Waals surface area contributed by atoms with Gasteiger partial charge < -0.3 is 15.4 Å². The highest BCUT2D eigenvalue weighted by molar-refractivity contribution is 5.46. The van der Waals surface area contributed by atoms with Gasteiger partial charge in [0.2, 0.25) is 0 Å². The summed E-state index contributed by atoms with van der Waals surface area (Å²) in [5, 5.41) is 0. The molecule has 2 aromatic rings. The Bertz CT molecular complexity index is 593. The summed E-state index contributed by atoms with van der Waals surface area (Å²) in [6.07, 6.45) is 1.96. The first-order chi connectivity index (χ1) is 11.1. The fraction of sp³-hybridized carbons (Fsp3) is 0.400. The van der Waals surface area contributed by atoms with Gasteiger partial charge in [0.25, 0.3) is 0 Å². The molecule has 0 bridgehead atoms. The Morgan fingerprint density at radius 2 is 1.83 bits per heavy atom. The average molecular weight is 312 g/mol. The lowest BCUT2D eigenvalue weighted by Gasteiger charge is -2.18. The zero-order valence-corrected chi connectivity index (χ0v) is 14.5. The van der Waals surface area contributed by atoms with Crippen molar-refractivity contribution < 1.29 is 4.74 Å². The number of rotatable bonds is 8. The van der Waals surface area contributed by atoms with Gasteiger partial charge in [-0.3, -0.25) is 0 Å². The van der Waals surface area contributed by atoms with Crippen LogP contribution in [0.15, 0.2) is 48.5 Å². The van der Waals surface area contributed by atoms with Crippen LogP contribution in [0.1, 0.15) is 30.4 Å². The van der Waals surface area contributed by atoms with E-state index in [1.54, 1.807) is 0 Å². The highest BCUT2D eigenvalue weighted by atomic mass is 16.5. The van der Waals surface area contributed by atoms with E-state index in [2.05, 4.69) is 68.4 Å². The number of nitrogens with zero attached hydrogens (tertiary/aromatic N) is 1. The molecule has 3 heteroatoms. The quantitative estimate of drug-likeness (QED) is 0.805. The molecule has 0 radical (unpaired) electrons. The molecule has 0 heterocycles. The van der Waals surface area contributed by atoms with E-state index in [9.17, 15) is 0 Å². The second kappa shape index (κ2) is 8.59. The van der Waals surface area contributed by atoms with Crippen molar-refractivity contribution in [3.8, 4) is 5.75 Å². The molecule has 0 saturated carbocycles. The summed E-state index contributed by atoms with van der Waals surface area (Å²) in [4.78, 5) is 2.11. The van der Waals surface area contributed by atoms with E-state index in [1.807, 2.05) is 6.07 Å². The van der Waals surface area contributed by atoms with Crippen molar-refractivity contribution in [2.45, 2.75) is 25.7 Å². The van der Waals surface area contributed by atoms with E-state index in [1.165, 1.54) is 16.8 Å². The van der Waals surface area contributed by atoms with Gasteiger partial charge in [-0.1, -0.05) is 31.2 Å². The highest BCUT2D eigenvalue weighted by Crippen LogP contribution is 2.25. The van der Waals surface area contributed by atoms with Gasteiger partial charge in [0, 0.05) is 25.7 Å². The standard InChI is InChI=1S/C20H28N2O/c1-4-12-23-20-7-5-6-17(14-20)18(15-21)13-16-8-10-19(11-9-16)22(2)3/h5-11,14,18H,4,12-13,15,21H2,1-3H3. The highest BCUT2D eigenvalue weighted by Gasteiger charge is 2.12. The maximum Gasteiger partial charge on any atom is 0.119 e. The Morgan fingerprint density at radius 3 is 2.43 bits per heavy atom. The number of nitrogens with two attached hydrogens (primary N) is 1. The van der Waals surface area contributed by atoms with Crippen LogP contribution in [-0.4, -0.2) is 27.2 Å². The first-order valence-electron chi connectivity index (χ1n) is 8.33. The van der Waals surface area contributed by atoms with Gasteiger partial charge in [0.15, 0.2) is 0 Å². The summed E-state index contributed by atoms with van der Waals surface area (Å²) in [5.41, 5.74) is 9.81. The zero-order chi connectivity index (χ0) is 16.7. The molecule has 124 valence electrons. The van der Waals surface area contributed by atoms with Crippen molar-refractivity contribution in [1.29, 1.82) is 0 Å². The topological polar surface area (TPSA) is 38.5 Å². The SMILES string of the molecule is CCCOc1cccc(C(CN)Cc2ccc(N(C)C)cc2)c1. The minimum atomic E-state index is 0.311.